The van der Waals surface area contributed by atoms with E-state index in [1.54, 1.807) is 6.07 Å². The molecule has 1 fully saturated rings. The molecule has 2 heterocycles. The fraction of sp³-hybridized carbons (Fsp3) is 0.667. The van der Waals surface area contributed by atoms with Gasteiger partial charge >= 0.3 is 0 Å². The zero-order valence-electron chi connectivity index (χ0n) is 10.4. The third-order valence-electron chi connectivity index (χ3n) is 3.19. The Morgan fingerprint density at radius 1 is 1.59 bits per heavy atom. The fourth-order valence-corrected chi connectivity index (χ4v) is 2.29. The summed E-state index contributed by atoms with van der Waals surface area (Å²) in [7, 11) is 0. The van der Waals surface area contributed by atoms with E-state index in [-0.39, 0.29) is 5.91 Å². The quantitative estimate of drug-likeness (QED) is 0.858. The summed E-state index contributed by atoms with van der Waals surface area (Å²) in [5.41, 5.74) is 0.745. The second-order valence-corrected chi connectivity index (χ2v) is 4.40. The van der Waals surface area contributed by atoms with E-state index in [2.05, 4.69) is 10.5 Å². The Bertz CT molecular complexity index is 383. The number of amides is 1. The molecule has 5 heteroatoms. The Kier molecular flexibility index (Phi) is 3.78. The minimum Gasteiger partial charge on any atom is -0.351 e. The van der Waals surface area contributed by atoms with Crippen LogP contribution in [0.1, 0.15) is 36.0 Å². The number of aromatic nitrogens is 1. The highest BCUT2D eigenvalue weighted by Gasteiger charge is 2.26. The Morgan fingerprint density at radius 3 is 2.82 bits per heavy atom. The Morgan fingerprint density at radius 2 is 2.29 bits per heavy atom. The molecule has 0 bridgehead atoms. The van der Waals surface area contributed by atoms with Crippen molar-refractivity contribution in [1.29, 1.82) is 0 Å². The summed E-state index contributed by atoms with van der Waals surface area (Å²) in [4.78, 5) is 14.1. The van der Waals surface area contributed by atoms with E-state index < -0.39 is 0 Å². The van der Waals surface area contributed by atoms with Crippen LogP contribution in [-0.4, -0.2) is 41.6 Å². The normalized spacial score (nSPS) is 17.1. The van der Waals surface area contributed by atoms with Crippen molar-refractivity contribution in [3.8, 4) is 0 Å². The van der Waals surface area contributed by atoms with Crippen molar-refractivity contribution in [2.24, 2.45) is 0 Å². The van der Waals surface area contributed by atoms with Crippen LogP contribution in [0.5, 0.6) is 0 Å². The molecule has 0 atom stereocenters. The molecule has 1 N–H and O–H groups in total. The molecule has 17 heavy (non-hydrogen) atoms. The van der Waals surface area contributed by atoms with E-state index in [1.807, 2.05) is 18.7 Å². The van der Waals surface area contributed by atoms with Gasteiger partial charge in [0.1, 0.15) is 0 Å². The maximum Gasteiger partial charge on any atom is 0.292 e. The summed E-state index contributed by atoms with van der Waals surface area (Å²) in [5, 5.41) is 7.07. The van der Waals surface area contributed by atoms with E-state index >= 15 is 0 Å². The molecule has 2 rings (SSSR count). The summed E-state index contributed by atoms with van der Waals surface area (Å²) in [6.07, 6.45) is 2.01. The smallest absolute Gasteiger partial charge is 0.292 e. The van der Waals surface area contributed by atoms with E-state index in [0.717, 1.165) is 31.6 Å². The Hall–Kier alpha value is -1.36. The van der Waals surface area contributed by atoms with Crippen LogP contribution in [0.3, 0.4) is 0 Å². The number of hydrogen-bond acceptors (Lipinski definition) is 4. The lowest BCUT2D eigenvalue weighted by Crippen LogP contribution is -2.45. The van der Waals surface area contributed by atoms with Crippen LogP contribution < -0.4 is 5.32 Å². The van der Waals surface area contributed by atoms with Crippen LogP contribution in [-0.2, 0) is 0 Å². The molecule has 1 aromatic heterocycles. The van der Waals surface area contributed by atoms with Gasteiger partial charge in [0.15, 0.2) is 0 Å². The highest BCUT2D eigenvalue weighted by Crippen LogP contribution is 2.15. The van der Waals surface area contributed by atoms with Gasteiger partial charge in [-0.25, -0.2) is 0 Å². The van der Waals surface area contributed by atoms with Gasteiger partial charge in [0.25, 0.3) is 5.91 Å². The van der Waals surface area contributed by atoms with Crippen molar-refractivity contribution in [3.63, 3.8) is 0 Å². The minimum atomic E-state index is -0.0417. The fourth-order valence-electron chi connectivity index (χ4n) is 2.29. The maximum absolute atomic E-state index is 12.3. The second-order valence-electron chi connectivity index (χ2n) is 4.40. The van der Waals surface area contributed by atoms with Crippen LogP contribution >= 0.6 is 0 Å². The van der Waals surface area contributed by atoms with Gasteiger partial charge in [0, 0.05) is 18.7 Å². The molecule has 0 saturated carbocycles. The molecule has 1 aliphatic rings. The summed E-state index contributed by atoms with van der Waals surface area (Å²) in [5.74, 6) is 0.308. The third-order valence-corrected chi connectivity index (χ3v) is 3.19. The number of carbonyl (C=O) groups excluding carboxylic acids is 1. The Balaban J connectivity index is 2.09. The summed E-state index contributed by atoms with van der Waals surface area (Å²) in [6, 6.07) is 2.02. The van der Waals surface area contributed by atoms with Crippen LogP contribution in [0.25, 0.3) is 0 Å². The molecule has 0 aliphatic carbocycles. The minimum absolute atomic E-state index is 0.0417. The first-order valence-corrected chi connectivity index (χ1v) is 6.17. The van der Waals surface area contributed by atoms with Crippen molar-refractivity contribution in [1.82, 2.24) is 15.4 Å². The van der Waals surface area contributed by atoms with Crippen molar-refractivity contribution >= 4 is 5.91 Å². The molecule has 0 radical (unpaired) electrons. The molecule has 94 valence electrons. The first kappa shape index (κ1) is 12.1. The Labute approximate surface area is 101 Å². The summed E-state index contributed by atoms with van der Waals surface area (Å²) >= 11 is 0. The zero-order valence-corrected chi connectivity index (χ0v) is 10.4. The van der Waals surface area contributed by atoms with E-state index in [4.69, 9.17) is 4.52 Å². The van der Waals surface area contributed by atoms with Gasteiger partial charge in [-0.05, 0) is 39.8 Å². The first-order valence-electron chi connectivity index (χ1n) is 6.17. The number of aryl methyl sites for hydroxylation is 1. The van der Waals surface area contributed by atoms with Crippen molar-refractivity contribution in [2.45, 2.75) is 32.7 Å². The number of hydrogen-bond donors (Lipinski definition) is 1. The molecule has 1 aliphatic heterocycles. The average molecular weight is 237 g/mol. The van der Waals surface area contributed by atoms with Gasteiger partial charge in [-0.3, -0.25) is 4.79 Å². The molecule has 1 aromatic rings. The molecule has 1 saturated heterocycles. The maximum atomic E-state index is 12.3. The van der Waals surface area contributed by atoms with Gasteiger partial charge in [-0.1, -0.05) is 5.16 Å². The van der Waals surface area contributed by atoms with Gasteiger partial charge < -0.3 is 14.7 Å². The van der Waals surface area contributed by atoms with Gasteiger partial charge in [-0.2, -0.15) is 0 Å². The highest BCUT2D eigenvalue weighted by atomic mass is 16.5. The topological polar surface area (TPSA) is 58.4 Å². The number of piperidine rings is 1. The molecule has 0 unspecified atom stereocenters. The number of nitrogens with one attached hydrogen (secondary N) is 1. The van der Waals surface area contributed by atoms with Gasteiger partial charge in [0.05, 0.1) is 5.69 Å². The van der Waals surface area contributed by atoms with Crippen LogP contribution in [0, 0.1) is 6.92 Å². The molecule has 0 spiro atoms. The summed E-state index contributed by atoms with van der Waals surface area (Å²) < 4.78 is 5.04. The number of nitrogens with zero attached hydrogens (tertiary/aromatic N) is 2. The van der Waals surface area contributed by atoms with Crippen LogP contribution in [0.15, 0.2) is 10.6 Å². The van der Waals surface area contributed by atoms with E-state index in [9.17, 15) is 4.79 Å². The zero-order chi connectivity index (χ0) is 12.3. The van der Waals surface area contributed by atoms with Crippen molar-refractivity contribution in [2.75, 3.05) is 19.6 Å². The first-order chi connectivity index (χ1) is 8.22. The predicted octanol–water partition coefficient (Wildman–Crippen LogP) is 1.20. The average Bonchev–Trinajstić information content (AvgIpc) is 2.78. The predicted molar refractivity (Wildman–Crippen MR) is 63.8 cm³/mol. The van der Waals surface area contributed by atoms with Crippen LogP contribution in [0.2, 0.25) is 0 Å². The molecular weight excluding hydrogens is 218 g/mol. The second kappa shape index (κ2) is 5.31. The SMILES string of the molecule is CCN(C(=O)c1cc(C)no1)C1CCNCC1. The largest absolute Gasteiger partial charge is 0.351 e. The standard InChI is InChI=1S/C12H19N3O2/c1-3-15(10-4-6-13-7-5-10)12(16)11-8-9(2)14-17-11/h8,10,13H,3-7H2,1-2H3. The van der Waals surface area contributed by atoms with E-state index in [1.165, 1.54) is 0 Å². The lowest BCUT2D eigenvalue weighted by Gasteiger charge is -2.33. The van der Waals surface area contributed by atoms with Crippen molar-refractivity contribution in [3.05, 3.63) is 17.5 Å². The lowest BCUT2D eigenvalue weighted by atomic mass is 10.0. The lowest BCUT2D eigenvalue weighted by molar-refractivity contribution is 0.0614. The van der Waals surface area contributed by atoms with E-state index in [0.29, 0.717) is 18.3 Å². The molecular formula is C12H19N3O2. The van der Waals surface area contributed by atoms with Crippen molar-refractivity contribution < 1.29 is 9.32 Å². The highest BCUT2D eigenvalue weighted by molar-refractivity contribution is 5.91. The monoisotopic (exact) mass is 237 g/mol. The van der Waals surface area contributed by atoms with Crippen LogP contribution in [0.4, 0.5) is 0 Å². The molecule has 1 amide bonds. The summed E-state index contributed by atoms with van der Waals surface area (Å²) in [6.45, 7) is 6.49. The number of rotatable bonds is 3. The van der Waals surface area contributed by atoms with Gasteiger partial charge in [0.2, 0.25) is 5.76 Å². The van der Waals surface area contributed by atoms with Gasteiger partial charge in [-0.15, -0.1) is 0 Å². The molecule has 0 aromatic carbocycles. The third kappa shape index (κ3) is 2.66. The molecule has 5 nitrogen and oxygen atoms in total. The number of carbonyl (C=O) groups is 1.